The largest absolute Gasteiger partial charge is 0.369 e. The Hall–Kier alpha value is -1.23. The molecule has 3 N–H and O–H groups in total. The number of aryl methyl sites for hydroxylation is 1. The summed E-state index contributed by atoms with van der Waals surface area (Å²) in [5.74, 6) is 0.894. The Kier molecular flexibility index (Phi) is 5.88. The number of nitrogens with two attached hydrogens (primary N) is 1. The molecule has 0 bridgehead atoms. The maximum atomic E-state index is 11.0. The van der Waals surface area contributed by atoms with Crippen LogP contribution < -0.4 is 11.1 Å². The van der Waals surface area contributed by atoms with Crippen molar-refractivity contribution < 1.29 is 4.79 Å². The van der Waals surface area contributed by atoms with Crippen molar-refractivity contribution in [2.45, 2.75) is 20.3 Å². The zero-order chi connectivity index (χ0) is 11.4. The van der Waals surface area contributed by atoms with Gasteiger partial charge in [-0.15, -0.1) is 12.4 Å². The van der Waals surface area contributed by atoms with E-state index in [-0.39, 0.29) is 12.4 Å². The van der Waals surface area contributed by atoms with Gasteiger partial charge in [0.2, 0.25) is 0 Å². The molecule has 92 valence electrons. The highest BCUT2D eigenvalue weighted by Gasteiger charge is 2.09. The Labute approximate surface area is 102 Å². The van der Waals surface area contributed by atoms with Gasteiger partial charge in [-0.05, 0) is 12.3 Å². The summed E-state index contributed by atoms with van der Waals surface area (Å²) in [5.41, 5.74) is 5.60. The van der Waals surface area contributed by atoms with E-state index in [1.54, 1.807) is 13.1 Å². The topological polar surface area (TPSA) is 72.9 Å². The fourth-order valence-electron chi connectivity index (χ4n) is 1.27. The van der Waals surface area contributed by atoms with Gasteiger partial charge in [0.15, 0.2) is 0 Å². The first-order valence-electron chi connectivity index (χ1n) is 5.08. The van der Waals surface area contributed by atoms with Gasteiger partial charge < -0.3 is 11.1 Å². The van der Waals surface area contributed by atoms with Crippen molar-refractivity contribution in [1.29, 1.82) is 0 Å². The number of hydrogen-bond donors (Lipinski definition) is 2. The van der Waals surface area contributed by atoms with Crippen LogP contribution in [0.1, 0.15) is 30.8 Å². The van der Waals surface area contributed by atoms with Crippen LogP contribution in [-0.2, 0) is 7.05 Å². The molecule has 1 amide bonds. The minimum absolute atomic E-state index is 0. The average molecular weight is 247 g/mol. The summed E-state index contributed by atoms with van der Waals surface area (Å²) in [6.07, 6.45) is 1.07. The minimum atomic E-state index is -0.457. The third kappa shape index (κ3) is 4.10. The van der Waals surface area contributed by atoms with Crippen molar-refractivity contribution in [2.24, 2.45) is 18.7 Å². The summed E-state index contributed by atoms with van der Waals surface area (Å²) < 4.78 is 1.49. The molecule has 16 heavy (non-hydrogen) atoms. The molecule has 0 spiro atoms. The number of aromatic nitrogens is 2. The third-order valence-corrected chi connectivity index (χ3v) is 2.16. The number of primary amides is 1. The molecule has 1 rings (SSSR count). The summed E-state index contributed by atoms with van der Waals surface area (Å²) >= 11 is 0. The number of carbonyl (C=O) groups excluding carboxylic acids is 1. The number of carbonyl (C=O) groups is 1. The SMILES string of the molecule is CC(C)CCNc1cc(C(N)=O)n(C)n1.Cl. The van der Waals surface area contributed by atoms with Gasteiger partial charge in [-0.2, -0.15) is 5.10 Å². The van der Waals surface area contributed by atoms with Crippen LogP contribution in [0.5, 0.6) is 0 Å². The van der Waals surface area contributed by atoms with Crippen LogP contribution in [0.2, 0.25) is 0 Å². The standard InChI is InChI=1S/C10H18N4O.ClH/c1-7(2)4-5-12-9-6-8(10(11)15)14(3)13-9;/h6-7H,4-5H2,1-3H3,(H2,11,15)(H,12,13);1H. The van der Waals surface area contributed by atoms with Gasteiger partial charge >= 0.3 is 0 Å². The summed E-state index contributed by atoms with van der Waals surface area (Å²) in [5, 5.41) is 7.29. The second-order valence-electron chi connectivity index (χ2n) is 4.01. The van der Waals surface area contributed by atoms with Gasteiger partial charge in [0.05, 0.1) is 0 Å². The third-order valence-electron chi connectivity index (χ3n) is 2.16. The van der Waals surface area contributed by atoms with Crippen LogP contribution in [0.3, 0.4) is 0 Å². The minimum Gasteiger partial charge on any atom is -0.369 e. The van der Waals surface area contributed by atoms with Crippen LogP contribution in [0.15, 0.2) is 6.07 Å². The lowest BCUT2D eigenvalue weighted by Gasteiger charge is -2.04. The van der Waals surface area contributed by atoms with E-state index in [2.05, 4.69) is 24.3 Å². The molecule has 1 aromatic heterocycles. The van der Waals surface area contributed by atoms with Crippen molar-refractivity contribution in [2.75, 3.05) is 11.9 Å². The molecule has 0 fully saturated rings. The van der Waals surface area contributed by atoms with Gasteiger partial charge in [0.25, 0.3) is 5.91 Å². The van der Waals surface area contributed by atoms with Crippen LogP contribution >= 0.6 is 12.4 Å². The molecular weight excluding hydrogens is 228 g/mol. The van der Waals surface area contributed by atoms with Gasteiger partial charge in [-0.3, -0.25) is 9.48 Å². The number of halogens is 1. The normalized spacial score (nSPS) is 10.0. The molecule has 0 atom stereocenters. The Morgan fingerprint density at radius 1 is 1.62 bits per heavy atom. The number of hydrogen-bond acceptors (Lipinski definition) is 3. The van der Waals surface area contributed by atoms with Crippen LogP contribution in [0.4, 0.5) is 5.82 Å². The number of anilines is 1. The molecule has 0 unspecified atom stereocenters. The van der Waals surface area contributed by atoms with E-state index in [0.29, 0.717) is 17.4 Å². The predicted octanol–water partition coefficient (Wildman–Crippen LogP) is 1.40. The number of nitrogens with zero attached hydrogens (tertiary/aromatic N) is 2. The van der Waals surface area contributed by atoms with Crippen molar-refractivity contribution in [3.63, 3.8) is 0 Å². The maximum absolute atomic E-state index is 11.0. The lowest BCUT2D eigenvalue weighted by atomic mass is 10.1. The zero-order valence-electron chi connectivity index (χ0n) is 9.86. The Bertz CT molecular complexity index is 349. The Balaban J connectivity index is 0.00000225. The summed E-state index contributed by atoms with van der Waals surface area (Å²) in [6.45, 7) is 5.18. The summed E-state index contributed by atoms with van der Waals surface area (Å²) in [6, 6.07) is 1.67. The van der Waals surface area contributed by atoms with Gasteiger partial charge in [0, 0.05) is 19.7 Å². The van der Waals surface area contributed by atoms with E-state index in [9.17, 15) is 4.79 Å². The summed E-state index contributed by atoms with van der Waals surface area (Å²) in [7, 11) is 1.70. The molecule has 1 aromatic rings. The van der Waals surface area contributed by atoms with E-state index >= 15 is 0 Å². The van der Waals surface area contributed by atoms with E-state index in [1.807, 2.05) is 0 Å². The molecule has 0 radical (unpaired) electrons. The van der Waals surface area contributed by atoms with Crippen molar-refractivity contribution in [3.8, 4) is 0 Å². The molecule has 0 aliphatic carbocycles. The fourth-order valence-corrected chi connectivity index (χ4v) is 1.27. The molecule has 5 nitrogen and oxygen atoms in total. The highest BCUT2D eigenvalue weighted by atomic mass is 35.5. The number of nitrogens with one attached hydrogen (secondary N) is 1. The molecule has 0 aliphatic rings. The van der Waals surface area contributed by atoms with Crippen LogP contribution in [0.25, 0.3) is 0 Å². The van der Waals surface area contributed by atoms with E-state index in [0.717, 1.165) is 13.0 Å². The van der Waals surface area contributed by atoms with E-state index < -0.39 is 5.91 Å². The van der Waals surface area contributed by atoms with Gasteiger partial charge in [-0.1, -0.05) is 13.8 Å². The summed E-state index contributed by atoms with van der Waals surface area (Å²) in [4.78, 5) is 11.0. The Morgan fingerprint density at radius 2 is 2.25 bits per heavy atom. The zero-order valence-corrected chi connectivity index (χ0v) is 10.7. The maximum Gasteiger partial charge on any atom is 0.267 e. The molecule has 0 aliphatic heterocycles. The lowest BCUT2D eigenvalue weighted by Crippen LogP contribution is -2.15. The molecule has 0 aromatic carbocycles. The molecule has 6 heteroatoms. The predicted molar refractivity (Wildman–Crippen MR) is 66.9 cm³/mol. The second kappa shape index (κ2) is 6.37. The monoisotopic (exact) mass is 246 g/mol. The first-order valence-corrected chi connectivity index (χ1v) is 5.08. The van der Waals surface area contributed by atoms with E-state index in [1.165, 1.54) is 4.68 Å². The first kappa shape index (κ1) is 14.8. The first-order chi connectivity index (χ1) is 7.00. The highest BCUT2D eigenvalue weighted by Crippen LogP contribution is 2.08. The molecular formula is C10H19ClN4O. The Morgan fingerprint density at radius 3 is 2.69 bits per heavy atom. The molecule has 0 saturated heterocycles. The van der Waals surface area contributed by atoms with Crippen LogP contribution in [0, 0.1) is 5.92 Å². The van der Waals surface area contributed by atoms with Crippen LogP contribution in [-0.4, -0.2) is 22.2 Å². The molecule has 0 saturated carbocycles. The second-order valence-corrected chi connectivity index (χ2v) is 4.01. The van der Waals surface area contributed by atoms with E-state index in [4.69, 9.17) is 5.73 Å². The number of amides is 1. The number of rotatable bonds is 5. The quantitative estimate of drug-likeness (QED) is 0.825. The van der Waals surface area contributed by atoms with Gasteiger partial charge in [0.1, 0.15) is 11.5 Å². The highest BCUT2D eigenvalue weighted by molar-refractivity contribution is 5.91. The fraction of sp³-hybridized carbons (Fsp3) is 0.600. The van der Waals surface area contributed by atoms with Crippen molar-refractivity contribution in [3.05, 3.63) is 11.8 Å². The smallest absolute Gasteiger partial charge is 0.267 e. The average Bonchev–Trinajstić information content (AvgIpc) is 2.46. The lowest BCUT2D eigenvalue weighted by molar-refractivity contribution is 0.0991. The van der Waals surface area contributed by atoms with Crippen molar-refractivity contribution in [1.82, 2.24) is 9.78 Å². The molecule has 1 heterocycles. The van der Waals surface area contributed by atoms with Gasteiger partial charge in [-0.25, -0.2) is 0 Å². The van der Waals surface area contributed by atoms with Crippen molar-refractivity contribution >= 4 is 24.1 Å².